The van der Waals surface area contributed by atoms with E-state index in [1.807, 2.05) is 24.3 Å². The Bertz CT molecular complexity index is 1200. The number of hydrogen-bond donors (Lipinski definition) is 2. The van der Waals surface area contributed by atoms with Gasteiger partial charge in [0.1, 0.15) is 23.8 Å². The van der Waals surface area contributed by atoms with Crippen LogP contribution in [0, 0.1) is 11.8 Å². The highest BCUT2D eigenvalue weighted by atomic mass is 79.9. The first-order chi connectivity index (χ1) is 17.3. The van der Waals surface area contributed by atoms with Crippen LogP contribution in [-0.4, -0.2) is 95.1 Å². The lowest BCUT2D eigenvalue weighted by Crippen LogP contribution is -2.57. The summed E-state index contributed by atoms with van der Waals surface area (Å²) in [6.45, 7) is 4.23. The quantitative estimate of drug-likeness (QED) is 0.249. The van der Waals surface area contributed by atoms with Gasteiger partial charge in [-0.05, 0) is 31.4 Å². The molecule has 5 rings (SSSR count). The van der Waals surface area contributed by atoms with Crippen LogP contribution >= 0.6 is 15.9 Å². The van der Waals surface area contributed by atoms with Crippen molar-refractivity contribution in [3.8, 4) is 0 Å². The molecule has 11 nitrogen and oxygen atoms in total. The summed E-state index contributed by atoms with van der Waals surface area (Å²) < 4.78 is 7.91. The Morgan fingerprint density at radius 3 is 2.83 bits per heavy atom. The van der Waals surface area contributed by atoms with Crippen LogP contribution in [0.5, 0.6) is 0 Å². The lowest BCUT2D eigenvalue weighted by atomic mass is 9.70. The number of carbonyl (C=O) groups is 3. The molecule has 3 fully saturated rings. The first-order valence-electron chi connectivity index (χ1n) is 12.0. The number of amides is 2. The molecule has 1 spiro atoms. The number of nitrogens with zero attached hydrogens (tertiary/aromatic N) is 5. The van der Waals surface area contributed by atoms with Gasteiger partial charge in [0.05, 0.1) is 23.5 Å². The van der Waals surface area contributed by atoms with Gasteiger partial charge in [-0.15, -0.1) is 11.7 Å². The van der Waals surface area contributed by atoms with E-state index in [2.05, 4.69) is 32.8 Å². The van der Waals surface area contributed by atoms with E-state index in [1.54, 1.807) is 10.8 Å². The zero-order chi connectivity index (χ0) is 25.6. The number of halogens is 1. The molecule has 0 saturated carbocycles. The van der Waals surface area contributed by atoms with Crippen LogP contribution in [0.4, 0.5) is 0 Å². The first-order valence-corrected chi connectivity index (χ1v) is 12.9. The standard InChI is InChI=1S/C24H28BrN5O6/c1-2-9-28(13-30-16-8-4-3-7-15(16)26-27-30)22(33)20-24-12-14(25)19(36-24)17(23(34)35)18(24)21(32)29(20)10-5-6-11-31/h2-4,7-8,14,17-20,31H,1,5-6,9-13H2,(H,34,35)/t14?,17-,18+,19-,20-,24+/m1/s1. The molecule has 2 aromatic rings. The maximum Gasteiger partial charge on any atom is 0.310 e. The number of alkyl halides is 1. The summed E-state index contributed by atoms with van der Waals surface area (Å²) in [5, 5.41) is 27.6. The minimum absolute atomic E-state index is 0.0447. The summed E-state index contributed by atoms with van der Waals surface area (Å²) in [4.78, 5) is 42.8. The van der Waals surface area contributed by atoms with Crippen molar-refractivity contribution in [3.63, 3.8) is 0 Å². The molecule has 36 heavy (non-hydrogen) atoms. The van der Waals surface area contributed by atoms with Gasteiger partial charge in [0.15, 0.2) is 0 Å². The molecule has 3 saturated heterocycles. The normalized spacial score (nSPS) is 30.7. The van der Waals surface area contributed by atoms with Crippen molar-refractivity contribution in [2.45, 2.75) is 48.5 Å². The van der Waals surface area contributed by atoms with Crippen LogP contribution in [0.15, 0.2) is 36.9 Å². The predicted molar refractivity (Wildman–Crippen MR) is 131 cm³/mol. The largest absolute Gasteiger partial charge is 0.481 e. The van der Waals surface area contributed by atoms with Crippen LogP contribution in [0.1, 0.15) is 19.3 Å². The maximum absolute atomic E-state index is 14.2. The molecule has 2 amide bonds. The number of likely N-dealkylation sites (tertiary alicyclic amines) is 1. The average Bonchev–Trinajstić information content (AvgIpc) is 3.56. The second-order valence-corrected chi connectivity index (χ2v) is 10.7. The third-order valence-corrected chi connectivity index (χ3v) is 8.35. The summed E-state index contributed by atoms with van der Waals surface area (Å²) in [7, 11) is 0. The van der Waals surface area contributed by atoms with E-state index in [0.717, 1.165) is 5.52 Å². The van der Waals surface area contributed by atoms with E-state index in [4.69, 9.17) is 4.74 Å². The van der Waals surface area contributed by atoms with Crippen molar-refractivity contribution in [3.05, 3.63) is 36.9 Å². The number of carboxylic acids is 1. The first kappa shape index (κ1) is 24.8. The lowest BCUT2D eigenvalue weighted by molar-refractivity contribution is -0.151. The second-order valence-electron chi connectivity index (χ2n) is 9.53. The molecule has 2 N–H and O–H groups in total. The Kier molecular flexibility index (Phi) is 6.60. The molecule has 6 atom stereocenters. The van der Waals surface area contributed by atoms with Crippen molar-refractivity contribution in [1.82, 2.24) is 24.8 Å². The molecule has 12 heteroatoms. The zero-order valence-electron chi connectivity index (χ0n) is 19.6. The summed E-state index contributed by atoms with van der Waals surface area (Å²) in [6.07, 6.45) is 2.18. The number of unbranched alkanes of at least 4 members (excludes halogenated alkanes) is 1. The van der Waals surface area contributed by atoms with Gasteiger partial charge in [-0.3, -0.25) is 14.4 Å². The van der Waals surface area contributed by atoms with Crippen molar-refractivity contribution in [2.75, 3.05) is 19.7 Å². The number of carboxylic acid groups (broad SMARTS) is 1. The highest BCUT2D eigenvalue weighted by Gasteiger charge is 2.76. The molecule has 3 aliphatic rings. The van der Waals surface area contributed by atoms with E-state index < -0.39 is 35.6 Å². The van der Waals surface area contributed by atoms with E-state index in [-0.39, 0.29) is 43.0 Å². The summed E-state index contributed by atoms with van der Waals surface area (Å²) in [6, 6.07) is 6.39. The molecule has 2 bridgehead atoms. The number of carbonyl (C=O) groups excluding carboxylic acids is 2. The van der Waals surface area contributed by atoms with Gasteiger partial charge in [0.2, 0.25) is 11.8 Å². The molecule has 0 aliphatic carbocycles. The van der Waals surface area contributed by atoms with Gasteiger partial charge >= 0.3 is 5.97 Å². The number of aliphatic carboxylic acids is 1. The van der Waals surface area contributed by atoms with Gasteiger partial charge in [-0.25, -0.2) is 4.68 Å². The molecule has 3 aliphatic heterocycles. The molecule has 1 unspecified atom stereocenters. The zero-order valence-corrected chi connectivity index (χ0v) is 21.2. The summed E-state index contributed by atoms with van der Waals surface area (Å²) >= 11 is 3.54. The fraction of sp³-hybridized carbons (Fsp3) is 0.542. The Balaban J connectivity index is 1.52. The SMILES string of the molecule is C=CCN(Cn1nnc2ccccc21)C(=O)[C@H]1N(CCCCO)C(=O)[C@@H]2[C@@H](C(=O)O)[C@@H]3O[C@@]21CC3Br. The van der Waals surface area contributed by atoms with Crippen LogP contribution < -0.4 is 0 Å². The van der Waals surface area contributed by atoms with Crippen LogP contribution in [0.3, 0.4) is 0 Å². The number of benzene rings is 1. The molecular weight excluding hydrogens is 534 g/mol. The van der Waals surface area contributed by atoms with Crippen molar-refractivity contribution in [2.24, 2.45) is 11.8 Å². The number of para-hydroxylation sites is 1. The minimum Gasteiger partial charge on any atom is -0.481 e. The van der Waals surface area contributed by atoms with Crippen molar-refractivity contribution < 1.29 is 29.3 Å². The van der Waals surface area contributed by atoms with Crippen molar-refractivity contribution in [1.29, 1.82) is 0 Å². The number of rotatable bonds is 10. The highest BCUT2D eigenvalue weighted by molar-refractivity contribution is 9.09. The monoisotopic (exact) mass is 561 g/mol. The Morgan fingerprint density at radius 1 is 1.33 bits per heavy atom. The molecular formula is C24H28BrN5O6. The van der Waals surface area contributed by atoms with Crippen LogP contribution in [0.25, 0.3) is 11.0 Å². The van der Waals surface area contributed by atoms with E-state index in [0.29, 0.717) is 24.8 Å². The molecule has 0 radical (unpaired) electrons. The molecule has 192 valence electrons. The van der Waals surface area contributed by atoms with Gasteiger partial charge in [0, 0.05) is 24.5 Å². The van der Waals surface area contributed by atoms with Crippen LogP contribution in [-0.2, 0) is 25.8 Å². The number of ether oxygens (including phenoxy) is 1. The molecule has 1 aromatic heterocycles. The fourth-order valence-corrected chi connectivity index (χ4v) is 7.00. The van der Waals surface area contributed by atoms with Gasteiger partial charge in [-0.1, -0.05) is 39.4 Å². The van der Waals surface area contributed by atoms with Crippen molar-refractivity contribution >= 4 is 44.7 Å². The number of hydrogen-bond acceptors (Lipinski definition) is 7. The minimum atomic E-state index is -1.25. The topological polar surface area (TPSA) is 138 Å². The average molecular weight is 562 g/mol. The van der Waals surface area contributed by atoms with E-state index in [9.17, 15) is 24.6 Å². The highest BCUT2D eigenvalue weighted by Crippen LogP contribution is 2.60. The number of aromatic nitrogens is 3. The lowest BCUT2D eigenvalue weighted by Gasteiger charge is -2.37. The number of aliphatic hydroxyl groups is 1. The number of fused-ring (bicyclic) bond motifs is 2. The molecule has 4 heterocycles. The van der Waals surface area contributed by atoms with Gasteiger partial charge in [-0.2, -0.15) is 0 Å². The summed E-state index contributed by atoms with van der Waals surface area (Å²) in [5.74, 6) is -3.84. The maximum atomic E-state index is 14.2. The third-order valence-electron chi connectivity index (χ3n) is 7.50. The van der Waals surface area contributed by atoms with Gasteiger partial charge < -0.3 is 24.7 Å². The van der Waals surface area contributed by atoms with Crippen LogP contribution in [0.2, 0.25) is 0 Å². The van der Waals surface area contributed by atoms with Gasteiger partial charge in [0.25, 0.3) is 0 Å². The predicted octanol–water partition coefficient (Wildman–Crippen LogP) is 1.01. The Morgan fingerprint density at radius 2 is 2.11 bits per heavy atom. The second kappa shape index (κ2) is 9.56. The van der Waals surface area contributed by atoms with E-state index in [1.165, 1.54) is 9.80 Å². The third kappa shape index (κ3) is 3.73. The van der Waals surface area contributed by atoms with E-state index >= 15 is 0 Å². The smallest absolute Gasteiger partial charge is 0.310 e. The Hall–Kier alpha value is -2.83. The Labute approximate surface area is 215 Å². The summed E-state index contributed by atoms with van der Waals surface area (Å²) in [5.41, 5.74) is 0.189. The number of aliphatic hydroxyl groups excluding tert-OH is 1. The molecule has 1 aromatic carbocycles. The fourth-order valence-electron chi connectivity index (χ4n) is 6.06.